The number of anilines is 1. The van der Waals surface area contributed by atoms with Gasteiger partial charge in [0.1, 0.15) is 0 Å². The van der Waals surface area contributed by atoms with Crippen molar-refractivity contribution in [3.63, 3.8) is 0 Å². The van der Waals surface area contributed by atoms with Gasteiger partial charge in [-0.3, -0.25) is 20.0 Å². The van der Waals surface area contributed by atoms with Crippen LogP contribution in [0.2, 0.25) is 5.02 Å². The Morgan fingerprint density at radius 2 is 2.24 bits per heavy atom. The maximum Gasteiger partial charge on any atom is 0.362 e. The normalized spacial score (nSPS) is 10.2. The molecular weight excluding hydrogens is 300 g/mol. The van der Waals surface area contributed by atoms with Crippen LogP contribution in [-0.2, 0) is 0 Å². The summed E-state index contributed by atoms with van der Waals surface area (Å²) in [4.78, 5) is 22.4. The second-order valence-electron chi connectivity index (χ2n) is 4.13. The third-order valence-corrected chi connectivity index (χ3v) is 2.99. The van der Waals surface area contributed by atoms with Crippen molar-refractivity contribution >= 4 is 28.9 Å². The summed E-state index contributed by atoms with van der Waals surface area (Å²) in [5, 5.41) is 19.9. The van der Waals surface area contributed by atoms with Gasteiger partial charge in [0.05, 0.1) is 12.0 Å². The van der Waals surface area contributed by atoms with Gasteiger partial charge in [0.15, 0.2) is 0 Å². The fraction of sp³-hybridized carbons (Fsp3) is 0.167. The molecule has 2 aromatic rings. The number of nitrogens with zero attached hydrogens (tertiary/aromatic N) is 2. The van der Waals surface area contributed by atoms with Crippen molar-refractivity contribution in [3.8, 4) is 5.88 Å². The summed E-state index contributed by atoms with van der Waals surface area (Å²) in [5.41, 5.74) is 0.406. The zero-order chi connectivity index (χ0) is 15.6. The monoisotopic (exact) mass is 310 g/mol. The first-order chi connectivity index (χ1) is 9.93. The van der Waals surface area contributed by atoms with Crippen LogP contribution >= 0.6 is 11.6 Å². The van der Waals surface area contributed by atoms with E-state index in [0.717, 1.165) is 5.56 Å². The molecule has 0 aliphatic heterocycles. The Labute approximate surface area is 124 Å². The number of hydrogen-bond acceptors (Lipinski definition) is 5. The van der Waals surface area contributed by atoms with Gasteiger partial charge in [-0.15, -0.1) is 5.10 Å². The number of amides is 1. The number of aryl methyl sites for hydroxylation is 1. The van der Waals surface area contributed by atoms with Crippen molar-refractivity contribution in [1.82, 2.24) is 10.2 Å². The van der Waals surface area contributed by atoms with Crippen LogP contribution in [-0.4, -0.2) is 28.1 Å². The van der Waals surface area contributed by atoms with E-state index in [4.69, 9.17) is 16.3 Å². The number of ether oxygens (including phenoxy) is 1. The maximum atomic E-state index is 12.1. The minimum Gasteiger partial charge on any atom is -0.475 e. The highest BCUT2D eigenvalue weighted by Crippen LogP contribution is 2.29. The van der Waals surface area contributed by atoms with Crippen LogP contribution in [0.15, 0.2) is 18.2 Å². The van der Waals surface area contributed by atoms with Gasteiger partial charge in [0.25, 0.3) is 5.91 Å². The summed E-state index contributed by atoms with van der Waals surface area (Å²) >= 11 is 5.85. The smallest absolute Gasteiger partial charge is 0.362 e. The summed E-state index contributed by atoms with van der Waals surface area (Å²) in [6.45, 7) is 1.77. The zero-order valence-electron chi connectivity index (χ0n) is 11.1. The largest absolute Gasteiger partial charge is 0.475 e. The van der Waals surface area contributed by atoms with Crippen molar-refractivity contribution in [2.24, 2.45) is 0 Å². The maximum absolute atomic E-state index is 12.1. The number of H-pyrrole nitrogens is 1. The number of carbonyl (C=O) groups is 1. The molecule has 0 fully saturated rings. The highest BCUT2D eigenvalue weighted by atomic mass is 35.5. The van der Waals surface area contributed by atoms with Crippen LogP contribution in [0.1, 0.15) is 16.1 Å². The van der Waals surface area contributed by atoms with E-state index in [1.54, 1.807) is 25.1 Å². The van der Waals surface area contributed by atoms with Gasteiger partial charge in [0, 0.05) is 10.7 Å². The predicted octanol–water partition coefficient (Wildman–Crippen LogP) is 2.54. The zero-order valence-corrected chi connectivity index (χ0v) is 11.9. The molecule has 8 nitrogen and oxygen atoms in total. The summed E-state index contributed by atoms with van der Waals surface area (Å²) in [7, 11) is 1.23. The molecular formula is C12H11ClN4O4. The van der Waals surface area contributed by atoms with Crippen molar-refractivity contribution in [1.29, 1.82) is 0 Å². The summed E-state index contributed by atoms with van der Waals surface area (Å²) in [5.74, 6) is -0.962. The fourth-order valence-corrected chi connectivity index (χ4v) is 1.88. The Kier molecular flexibility index (Phi) is 4.08. The SMILES string of the molecule is COc1n[nH]c(C(=O)Nc2cc(Cl)ccc2C)c1[N+](=O)[O-]. The number of carbonyl (C=O) groups excluding carboxylic acids is 1. The molecule has 1 heterocycles. The molecule has 0 bridgehead atoms. The first-order valence-corrected chi connectivity index (χ1v) is 6.16. The number of halogens is 1. The van der Waals surface area contributed by atoms with Gasteiger partial charge >= 0.3 is 11.6 Å². The number of hydrogen-bond donors (Lipinski definition) is 2. The second kappa shape index (κ2) is 5.80. The van der Waals surface area contributed by atoms with Crippen LogP contribution in [0, 0.1) is 17.0 Å². The first kappa shape index (κ1) is 14.8. The first-order valence-electron chi connectivity index (χ1n) is 5.78. The molecule has 0 atom stereocenters. The van der Waals surface area contributed by atoms with E-state index in [1.807, 2.05) is 0 Å². The number of aromatic nitrogens is 2. The molecule has 2 N–H and O–H groups in total. The molecule has 2 rings (SSSR count). The number of nitro groups is 1. The number of methoxy groups -OCH3 is 1. The molecule has 0 saturated heterocycles. The van der Waals surface area contributed by atoms with E-state index in [-0.39, 0.29) is 11.6 Å². The number of rotatable bonds is 4. The molecule has 0 aliphatic carbocycles. The van der Waals surface area contributed by atoms with Gasteiger partial charge in [0.2, 0.25) is 5.69 Å². The third kappa shape index (κ3) is 2.95. The molecule has 0 aliphatic rings. The lowest BCUT2D eigenvalue weighted by molar-refractivity contribution is -0.386. The molecule has 0 saturated carbocycles. The van der Waals surface area contributed by atoms with E-state index in [1.165, 1.54) is 7.11 Å². The highest BCUT2D eigenvalue weighted by Gasteiger charge is 2.30. The van der Waals surface area contributed by atoms with E-state index in [9.17, 15) is 14.9 Å². The Hall–Kier alpha value is -2.61. The van der Waals surface area contributed by atoms with Crippen LogP contribution in [0.4, 0.5) is 11.4 Å². The molecule has 21 heavy (non-hydrogen) atoms. The van der Waals surface area contributed by atoms with Crippen molar-refractivity contribution in [3.05, 3.63) is 44.6 Å². The van der Waals surface area contributed by atoms with E-state index < -0.39 is 16.5 Å². The van der Waals surface area contributed by atoms with Gasteiger partial charge in [-0.1, -0.05) is 17.7 Å². The lowest BCUT2D eigenvalue weighted by Crippen LogP contribution is -2.15. The van der Waals surface area contributed by atoms with Crippen molar-refractivity contribution in [2.45, 2.75) is 6.92 Å². The molecule has 1 amide bonds. The quantitative estimate of drug-likeness (QED) is 0.666. The molecule has 0 spiro atoms. The van der Waals surface area contributed by atoms with Gasteiger partial charge in [-0.2, -0.15) is 0 Å². The second-order valence-corrected chi connectivity index (χ2v) is 4.56. The van der Waals surface area contributed by atoms with Crippen molar-refractivity contribution in [2.75, 3.05) is 12.4 Å². The van der Waals surface area contributed by atoms with Crippen LogP contribution in [0.25, 0.3) is 0 Å². The van der Waals surface area contributed by atoms with Crippen LogP contribution in [0.3, 0.4) is 0 Å². The summed E-state index contributed by atoms with van der Waals surface area (Å²) in [6, 6.07) is 4.95. The Bertz CT molecular complexity index is 713. The molecule has 110 valence electrons. The molecule has 0 radical (unpaired) electrons. The number of nitrogens with one attached hydrogen (secondary N) is 2. The average molecular weight is 311 g/mol. The predicted molar refractivity (Wildman–Crippen MR) is 75.9 cm³/mol. The molecule has 0 unspecified atom stereocenters. The number of aromatic amines is 1. The molecule has 1 aromatic heterocycles. The Morgan fingerprint density at radius 1 is 1.52 bits per heavy atom. The standard InChI is InChI=1S/C12H11ClN4O4/c1-6-3-4-7(13)5-8(6)14-11(18)9-10(17(19)20)12(21-2)16-15-9/h3-5H,1-2H3,(H,14,18)(H,15,16). The average Bonchev–Trinajstić information content (AvgIpc) is 2.87. The van der Waals surface area contributed by atoms with E-state index in [0.29, 0.717) is 10.7 Å². The minimum atomic E-state index is -0.734. The number of benzene rings is 1. The van der Waals surface area contributed by atoms with Gasteiger partial charge in [-0.25, -0.2) is 0 Å². The fourth-order valence-electron chi connectivity index (χ4n) is 1.70. The summed E-state index contributed by atoms with van der Waals surface area (Å²) < 4.78 is 4.75. The molecule has 1 aromatic carbocycles. The van der Waals surface area contributed by atoms with Crippen molar-refractivity contribution < 1.29 is 14.5 Å². The summed E-state index contributed by atoms with van der Waals surface area (Å²) in [6.07, 6.45) is 0. The Balaban J connectivity index is 2.35. The third-order valence-electron chi connectivity index (χ3n) is 2.76. The minimum absolute atomic E-state index is 0.257. The highest BCUT2D eigenvalue weighted by molar-refractivity contribution is 6.31. The van der Waals surface area contributed by atoms with E-state index in [2.05, 4.69) is 15.5 Å². The lowest BCUT2D eigenvalue weighted by atomic mass is 10.2. The Morgan fingerprint density at radius 3 is 2.86 bits per heavy atom. The lowest BCUT2D eigenvalue weighted by Gasteiger charge is -2.07. The van der Waals surface area contributed by atoms with Crippen LogP contribution < -0.4 is 10.1 Å². The van der Waals surface area contributed by atoms with Crippen LogP contribution in [0.5, 0.6) is 5.88 Å². The van der Waals surface area contributed by atoms with Gasteiger partial charge in [-0.05, 0) is 24.6 Å². The van der Waals surface area contributed by atoms with E-state index >= 15 is 0 Å². The van der Waals surface area contributed by atoms with Gasteiger partial charge < -0.3 is 10.1 Å². The topological polar surface area (TPSA) is 110 Å². The molecule has 9 heteroatoms.